The molecule has 2 rings (SSSR count). The van der Waals surface area contributed by atoms with E-state index in [9.17, 15) is 22.4 Å². The Kier molecular flexibility index (Phi) is 4.50. The first kappa shape index (κ1) is 15.7. The second kappa shape index (κ2) is 6.00. The number of para-hydroxylation sites is 1. The van der Waals surface area contributed by atoms with E-state index in [1.54, 1.807) is 24.3 Å². The van der Waals surface area contributed by atoms with E-state index in [-0.39, 0.29) is 0 Å². The van der Waals surface area contributed by atoms with Crippen molar-refractivity contribution in [2.45, 2.75) is 6.18 Å². The largest absolute Gasteiger partial charge is 0.419 e. The van der Waals surface area contributed by atoms with Gasteiger partial charge in [0.05, 0.1) is 16.8 Å². The Balaban J connectivity index is 2.35. The predicted octanol–water partition coefficient (Wildman–Crippen LogP) is 4.70. The quantitative estimate of drug-likeness (QED) is 0.566. The number of nitrogens with one attached hydrogen (secondary N) is 1. The number of anilines is 1. The molecule has 110 valence electrons. The smallest absolute Gasteiger partial charge is 0.321 e. The fourth-order valence-electron chi connectivity index (χ4n) is 1.68. The minimum absolute atomic E-state index is 0.403. The van der Waals surface area contributed by atoms with Crippen LogP contribution < -0.4 is 5.32 Å². The van der Waals surface area contributed by atoms with E-state index in [0.717, 1.165) is 12.1 Å². The van der Waals surface area contributed by atoms with Crippen LogP contribution in [0.2, 0.25) is 0 Å². The highest BCUT2D eigenvalue weighted by atomic mass is 127. The first-order valence-electron chi connectivity index (χ1n) is 5.72. The SMILES string of the molecule is O=C(Nc1ccccc1I)c1cccc(C(F)(F)F)c1F. The molecular weight excluding hydrogens is 401 g/mol. The number of carbonyl (C=O) groups excluding carboxylic acids is 1. The molecule has 0 bridgehead atoms. The number of alkyl halides is 3. The number of halogens is 5. The van der Waals surface area contributed by atoms with E-state index in [0.29, 0.717) is 15.3 Å². The summed E-state index contributed by atoms with van der Waals surface area (Å²) < 4.78 is 52.4. The summed E-state index contributed by atoms with van der Waals surface area (Å²) >= 11 is 1.95. The van der Waals surface area contributed by atoms with Crippen molar-refractivity contribution in [3.05, 3.63) is 63.0 Å². The van der Waals surface area contributed by atoms with Crippen molar-refractivity contribution in [1.29, 1.82) is 0 Å². The van der Waals surface area contributed by atoms with Gasteiger partial charge < -0.3 is 5.32 Å². The van der Waals surface area contributed by atoms with Crippen molar-refractivity contribution in [2.75, 3.05) is 5.32 Å². The predicted molar refractivity (Wildman–Crippen MR) is 78.5 cm³/mol. The molecule has 0 unspecified atom stereocenters. The molecule has 0 heterocycles. The number of benzene rings is 2. The third-order valence-corrected chi connectivity index (χ3v) is 3.61. The number of amides is 1. The average molecular weight is 409 g/mol. The summed E-state index contributed by atoms with van der Waals surface area (Å²) in [6.07, 6.45) is -4.85. The molecule has 0 saturated heterocycles. The maximum Gasteiger partial charge on any atom is 0.419 e. The molecule has 0 aliphatic carbocycles. The molecule has 2 aromatic rings. The van der Waals surface area contributed by atoms with Crippen LogP contribution in [0.4, 0.5) is 23.2 Å². The Labute approximate surface area is 131 Å². The van der Waals surface area contributed by atoms with Gasteiger partial charge in [0.25, 0.3) is 5.91 Å². The summed E-state index contributed by atoms with van der Waals surface area (Å²) in [6.45, 7) is 0. The highest BCUT2D eigenvalue weighted by Gasteiger charge is 2.35. The Bertz CT molecular complexity index is 685. The fourth-order valence-corrected chi connectivity index (χ4v) is 2.20. The molecule has 21 heavy (non-hydrogen) atoms. The molecule has 0 fully saturated rings. The van der Waals surface area contributed by atoms with Crippen molar-refractivity contribution in [1.82, 2.24) is 0 Å². The van der Waals surface area contributed by atoms with E-state index >= 15 is 0 Å². The first-order valence-corrected chi connectivity index (χ1v) is 6.80. The summed E-state index contributed by atoms with van der Waals surface area (Å²) in [5, 5.41) is 2.39. The Hall–Kier alpha value is -1.64. The molecule has 0 spiro atoms. The Morgan fingerprint density at radius 3 is 2.33 bits per heavy atom. The lowest BCUT2D eigenvalue weighted by Gasteiger charge is -2.12. The van der Waals surface area contributed by atoms with E-state index < -0.39 is 29.0 Å². The second-order valence-corrected chi connectivity index (χ2v) is 5.26. The molecule has 0 aliphatic heterocycles. The van der Waals surface area contributed by atoms with Gasteiger partial charge in [-0.05, 0) is 46.9 Å². The first-order chi connectivity index (χ1) is 9.80. The van der Waals surface area contributed by atoms with Gasteiger partial charge in [-0.15, -0.1) is 0 Å². The van der Waals surface area contributed by atoms with Crippen LogP contribution in [0, 0.1) is 9.39 Å². The lowest BCUT2D eigenvalue weighted by molar-refractivity contribution is -0.140. The average Bonchev–Trinajstić information content (AvgIpc) is 2.40. The zero-order chi connectivity index (χ0) is 15.6. The number of hydrogen-bond acceptors (Lipinski definition) is 1. The third-order valence-electron chi connectivity index (χ3n) is 2.67. The molecule has 0 atom stereocenters. The van der Waals surface area contributed by atoms with Crippen LogP contribution in [0.15, 0.2) is 42.5 Å². The summed E-state index contributed by atoms with van der Waals surface area (Å²) in [6, 6.07) is 9.28. The van der Waals surface area contributed by atoms with Gasteiger partial charge >= 0.3 is 6.18 Å². The van der Waals surface area contributed by atoms with E-state index in [4.69, 9.17) is 0 Å². The molecule has 1 N–H and O–H groups in total. The number of rotatable bonds is 2. The van der Waals surface area contributed by atoms with Gasteiger partial charge in [-0.25, -0.2) is 4.39 Å². The van der Waals surface area contributed by atoms with Gasteiger partial charge in [0.15, 0.2) is 0 Å². The van der Waals surface area contributed by atoms with Gasteiger partial charge in [-0.2, -0.15) is 13.2 Å². The van der Waals surface area contributed by atoms with Crippen LogP contribution in [0.3, 0.4) is 0 Å². The van der Waals surface area contributed by atoms with Crippen LogP contribution in [0.25, 0.3) is 0 Å². The van der Waals surface area contributed by atoms with Crippen LogP contribution >= 0.6 is 22.6 Å². The minimum atomic E-state index is -4.85. The van der Waals surface area contributed by atoms with Gasteiger partial charge in [-0.3, -0.25) is 4.79 Å². The molecule has 0 saturated carbocycles. The Morgan fingerprint density at radius 1 is 1.05 bits per heavy atom. The summed E-state index contributed by atoms with van der Waals surface area (Å²) in [7, 11) is 0. The van der Waals surface area contributed by atoms with Crippen molar-refractivity contribution in [3.8, 4) is 0 Å². The highest BCUT2D eigenvalue weighted by molar-refractivity contribution is 14.1. The molecular formula is C14H8F4INO. The molecule has 0 aromatic heterocycles. The standard InChI is InChI=1S/C14H8F4INO/c15-12-8(4-3-5-9(12)14(16,17)18)13(21)20-11-7-2-1-6-10(11)19/h1-7H,(H,20,21). The zero-order valence-corrected chi connectivity index (χ0v) is 12.5. The topological polar surface area (TPSA) is 29.1 Å². The molecule has 2 aromatic carbocycles. The van der Waals surface area contributed by atoms with Crippen LogP contribution in [0.5, 0.6) is 0 Å². The van der Waals surface area contributed by atoms with Crippen LogP contribution in [0.1, 0.15) is 15.9 Å². The number of hydrogen-bond donors (Lipinski definition) is 1. The van der Waals surface area contributed by atoms with Crippen molar-refractivity contribution in [3.63, 3.8) is 0 Å². The zero-order valence-electron chi connectivity index (χ0n) is 10.3. The second-order valence-electron chi connectivity index (χ2n) is 4.10. The minimum Gasteiger partial charge on any atom is -0.321 e. The van der Waals surface area contributed by atoms with Gasteiger partial charge in [0.2, 0.25) is 0 Å². The summed E-state index contributed by atoms with van der Waals surface area (Å²) in [4.78, 5) is 11.9. The van der Waals surface area contributed by atoms with Crippen LogP contribution in [-0.2, 0) is 6.18 Å². The summed E-state index contributed by atoms with van der Waals surface area (Å²) in [5.41, 5.74) is -1.71. The maximum absolute atomic E-state index is 13.8. The van der Waals surface area contributed by atoms with Crippen molar-refractivity contribution < 1.29 is 22.4 Å². The Morgan fingerprint density at radius 2 is 1.71 bits per heavy atom. The molecule has 2 nitrogen and oxygen atoms in total. The summed E-state index contributed by atoms with van der Waals surface area (Å²) in [5.74, 6) is -2.50. The third kappa shape index (κ3) is 3.52. The van der Waals surface area contributed by atoms with Gasteiger partial charge in [0.1, 0.15) is 5.82 Å². The normalized spacial score (nSPS) is 11.3. The van der Waals surface area contributed by atoms with Crippen LogP contribution in [-0.4, -0.2) is 5.91 Å². The molecule has 0 radical (unpaired) electrons. The monoisotopic (exact) mass is 409 g/mol. The van der Waals surface area contributed by atoms with Gasteiger partial charge in [0, 0.05) is 3.57 Å². The van der Waals surface area contributed by atoms with E-state index in [2.05, 4.69) is 5.32 Å². The molecule has 7 heteroatoms. The van der Waals surface area contributed by atoms with Crippen molar-refractivity contribution in [2.24, 2.45) is 0 Å². The van der Waals surface area contributed by atoms with Crippen molar-refractivity contribution >= 4 is 34.2 Å². The lowest BCUT2D eigenvalue weighted by atomic mass is 10.1. The molecule has 0 aliphatic rings. The fraction of sp³-hybridized carbons (Fsp3) is 0.0714. The van der Waals surface area contributed by atoms with E-state index in [1.165, 1.54) is 0 Å². The number of carbonyl (C=O) groups is 1. The van der Waals surface area contributed by atoms with E-state index in [1.807, 2.05) is 22.6 Å². The lowest BCUT2D eigenvalue weighted by Crippen LogP contribution is -2.18. The maximum atomic E-state index is 13.8. The highest BCUT2D eigenvalue weighted by Crippen LogP contribution is 2.32. The molecule has 1 amide bonds. The van der Waals surface area contributed by atoms with Gasteiger partial charge in [-0.1, -0.05) is 18.2 Å².